The molecule has 3 N–H and O–H groups in total. The number of amides is 1. The predicted octanol–water partition coefficient (Wildman–Crippen LogP) is 1.22. The molecule has 1 aliphatic rings. The quantitative estimate of drug-likeness (QED) is 0.692. The Morgan fingerprint density at radius 3 is 2.37 bits per heavy atom. The summed E-state index contributed by atoms with van der Waals surface area (Å²) >= 11 is 0. The first-order chi connectivity index (χ1) is 12.9. The Hall–Kier alpha value is -2.22. The van der Waals surface area contributed by atoms with Gasteiger partial charge in [-0.05, 0) is 30.7 Å². The summed E-state index contributed by atoms with van der Waals surface area (Å²) < 4.78 is 24.8. The number of β-amino-alcohol motifs (C(OH)–C–C–N with tert-alkyl or cyclic N) is 1. The SMILES string of the molecule is O=C(CCS(=O)(=O)c1ccccc1)N[C@@]1(c2ccccc2)CCNC[C@H]1O. The monoisotopic (exact) mass is 388 g/mol. The normalized spacial score (nSPS) is 22.9. The second-order valence-electron chi connectivity index (χ2n) is 6.74. The Kier molecular flexibility index (Phi) is 5.94. The Morgan fingerprint density at radius 1 is 1.11 bits per heavy atom. The maximum absolute atomic E-state index is 12.6. The number of aliphatic hydroxyl groups excluding tert-OH is 1. The van der Waals surface area contributed by atoms with Crippen molar-refractivity contribution in [3.63, 3.8) is 0 Å². The molecule has 27 heavy (non-hydrogen) atoms. The van der Waals surface area contributed by atoms with E-state index in [1.165, 1.54) is 12.1 Å². The van der Waals surface area contributed by atoms with Crippen LogP contribution in [0.25, 0.3) is 0 Å². The molecular formula is C20H24N2O4S. The molecule has 1 heterocycles. The molecule has 1 amide bonds. The molecule has 1 saturated heterocycles. The molecule has 7 heteroatoms. The summed E-state index contributed by atoms with van der Waals surface area (Å²) in [5, 5.41) is 16.7. The van der Waals surface area contributed by atoms with Gasteiger partial charge in [0.1, 0.15) is 0 Å². The highest BCUT2D eigenvalue weighted by atomic mass is 32.2. The molecule has 0 aromatic heterocycles. The van der Waals surface area contributed by atoms with Gasteiger partial charge in [0.15, 0.2) is 9.84 Å². The molecule has 1 fully saturated rings. The lowest BCUT2D eigenvalue weighted by molar-refractivity contribution is -0.125. The van der Waals surface area contributed by atoms with Crippen molar-refractivity contribution >= 4 is 15.7 Å². The lowest BCUT2D eigenvalue weighted by Gasteiger charge is -2.43. The van der Waals surface area contributed by atoms with Crippen LogP contribution >= 0.6 is 0 Å². The fourth-order valence-corrected chi connectivity index (χ4v) is 4.70. The fraction of sp³-hybridized carbons (Fsp3) is 0.350. The number of aliphatic hydroxyl groups is 1. The highest BCUT2D eigenvalue weighted by molar-refractivity contribution is 7.91. The van der Waals surface area contributed by atoms with Gasteiger partial charge in [0.2, 0.25) is 5.91 Å². The second-order valence-corrected chi connectivity index (χ2v) is 8.85. The van der Waals surface area contributed by atoms with Crippen molar-refractivity contribution in [2.24, 2.45) is 0 Å². The molecule has 0 aliphatic carbocycles. The lowest BCUT2D eigenvalue weighted by Crippen LogP contribution is -2.61. The van der Waals surface area contributed by atoms with E-state index >= 15 is 0 Å². The summed E-state index contributed by atoms with van der Waals surface area (Å²) in [6, 6.07) is 17.4. The van der Waals surface area contributed by atoms with Gasteiger partial charge >= 0.3 is 0 Å². The molecule has 3 rings (SSSR count). The van der Waals surface area contributed by atoms with Gasteiger partial charge in [0, 0.05) is 13.0 Å². The van der Waals surface area contributed by atoms with E-state index in [0.29, 0.717) is 19.5 Å². The van der Waals surface area contributed by atoms with E-state index in [1.807, 2.05) is 30.3 Å². The molecule has 0 bridgehead atoms. The van der Waals surface area contributed by atoms with Crippen molar-refractivity contribution in [2.45, 2.75) is 29.4 Å². The van der Waals surface area contributed by atoms with Crippen molar-refractivity contribution in [1.82, 2.24) is 10.6 Å². The third kappa shape index (κ3) is 4.37. The van der Waals surface area contributed by atoms with Gasteiger partial charge in [-0.3, -0.25) is 4.79 Å². The Balaban J connectivity index is 1.74. The van der Waals surface area contributed by atoms with Crippen LogP contribution in [0.5, 0.6) is 0 Å². The summed E-state index contributed by atoms with van der Waals surface area (Å²) in [7, 11) is -3.53. The molecule has 0 radical (unpaired) electrons. The highest BCUT2D eigenvalue weighted by Crippen LogP contribution is 2.31. The van der Waals surface area contributed by atoms with Crippen molar-refractivity contribution in [3.05, 3.63) is 66.2 Å². The molecule has 0 unspecified atom stereocenters. The number of hydrogen-bond donors (Lipinski definition) is 3. The van der Waals surface area contributed by atoms with Gasteiger partial charge in [-0.2, -0.15) is 0 Å². The van der Waals surface area contributed by atoms with E-state index in [1.54, 1.807) is 18.2 Å². The first-order valence-corrected chi connectivity index (χ1v) is 10.6. The van der Waals surface area contributed by atoms with Crippen molar-refractivity contribution in [3.8, 4) is 0 Å². The number of benzene rings is 2. The van der Waals surface area contributed by atoms with Crippen LogP contribution in [0.15, 0.2) is 65.6 Å². The van der Waals surface area contributed by atoms with Crippen LogP contribution < -0.4 is 10.6 Å². The number of carbonyl (C=O) groups is 1. The molecule has 1 aliphatic heterocycles. The predicted molar refractivity (Wildman–Crippen MR) is 103 cm³/mol. The molecule has 2 aromatic rings. The smallest absolute Gasteiger partial charge is 0.221 e. The first-order valence-electron chi connectivity index (χ1n) is 8.97. The number of rotatable bonds is 6. The number of piperidine rings is 1. The third-order valence-corrected chi connectivity index (χ3v) is 6.69. The minimum Gasteiger partial charge on any atom is -0.389 e. The maximum Gasteiger partial charge on any atom is 0.221 e. The first kappa shape index (κ1) is 19.5. The van der Waals surface area contributed by atoms with Crippen LogP contribution in [0.4, 0.5) is 0 Å². The minimum atomic E-state index is -3.53. The third-order valence-electron chi connectivity index (χ3n) is 4.95. The average Bonchev–Trinajstić information content (AvgIpc) is 2.70. The number of sulfone groups is 1. The van der Waals surface area contributed by atoms with Crippen LogP contribution in [-0.4, -0.2) is 44.4 Å². The van der Waals surface area contributed by atoms with Crippen LogP contribution in [0.2, 0.25) is 0 Å². The van der Waals surface area contributed by atoms with Gasteiger partial charge in [-0.15, -0.1) is 0 Å². The van der Waals surface area contributed by atoms with E-state index in [2.05, 4.69) is 10.6 Å². The topological polar surface area (TPSA) is 95.5 Å². The molecule has 6 nitrogen and oxygen atoms in total. The van der Waals surface area contributed by atoms with Gasteiger partial charge in [0.25, 0.3) is 0 Å². The van der Waals surface area contributed by atoms with Crippen molar-refractivity contribution in [2.75, 3.05) is 18.8 Å². The van der Waals surface area contributed by atoms with Crippen LogP contribution in [-0.2, 0) is 20.2 Å². The number of hydrogen-bond acceptors (Lipinski definition) is 5. The van der Waals surface area contributed by atoms with Gasteiger partial charge < -0.3 is 15.7 Å². The molecule has 144 valence electrons. The number of nitrogens with one attached hydrogen (secondary N) is 2. The van der Waals surface area contributed by atoms with E-state index in [9.17, 15) is 18.3 Å². The van der Waals surface area contributed by atoms with Gasteiger partial charge in [-0.25, -0.2) is 8.42 Å². The van der Waals surface area contributed by atoms with Gasteiger partial charge in [0.05, 0.1) is 22.3 Å². The van der Waals surface area contributed by atoms with Crippen LogP contribution in [0.3, 0.4) is 0 Å². The summed E-state index contributed by atoms with van der Waals surface area (Å²) in [5.74, 6) is -0.665. The van der Waals surface area contributed by atoms with E-state index in [4.69, 9.17) is 0 Å². The molecule has 2 aromatic carbocycles. The zero-order valence-electron chi connectivity index (χ0n) is 15.0. The highest BCUT2D eigenvalue weighted by Gasteiger charge is 2.42. The Morgan fingerprint density at radius 2 is 1.74 bits per heavy atom. The van der Waals surface area contributed by atoms with E-state index in [0.717, 1.165) is 5.56 Å². The van der Waals surface area contributed by atoms with Crippen molar-refractivity contribution in [1.29, 1.82) is 0 Å². The summed E-state index contributed by atoms with van der Waals surface area (Å²) in [6.45, 7) is 1.01. The van der Waals surface area contributed by atoms with Crippen LogP contribution in [0, 0.1) is 0 Å². The largest absolute Gasteiger partial charge is 0.389 e. The Labute approximate surface area is 159 Å². The summed E-state index contributed by atoms with van der Waals surface area (Å²) in [5.41, 5.74) is -0.0987. The summed E-state index contributed by atoms with van der Waals surface area (Å²) in [6.07, 6.45) is -0.440. The van der Waals surface area contributed by atoms with Gasteiger partial charge in [-0.1, -0.05) is 48.5 Å². The zero-order chi connectivity index (χ0) is 19.3. The lowest BCUT2D eigenvalue weighted by atomic mass is 9.79. The Bertz CT molecular complexity index is 871. The maximum atomic E-state index is 12.6. The van der Waals surface area contributed by atoms with E-state index in [-0.39, 0.29) is 23.0 Å². The molecule has 0 spiro atoms. The molecule has 2 atom stereocenters. The molecule has 0 saturated carbocycles. The average molecular weight is 388 g/mol. The summed E-state index contributed by atoms with van der Waals surface area (Å²) in [4.78, 5) is 12.8. The number of carbonyl (C=O) groups excluding carboxylic acids is 1. The molecular weight excluding hydrogens is 364 g/mol. The minimum absolute atomic E-state index is 0.161. The fourth-order valence-electron chi connectivity index (χ4n) is 3.44. The van der Waals surface area contributed by atoms with Crippen LogP contribution in [0.1, 0.15) is 18.4 Å². The van der Waals surface area contributed by atoms with Crippen molar-refractivity contribution < 1.29 is 18.3 Å². The standard InChI is InChI=1S/C20H24N2O4S/c23-18-15-21-13-12-20(18,16-7-3-1-4-8-16)22-19(24)11-14-27(25,26)17-9-5-2-6-10-17/h1-10,18,21,23H,11-15H2,(H,22,24)/t18-,20-/m1/s1. The second kappa shape index (κ2) is 8.21. The van der Waals surface area contributed by atoms with E-state index < -0.39 is 21.5 Å². The zero-order valence-corrected chi connectivity index (χ0v) is 15.8.